The van der Waals surface area contributed by atoms with E-state index in [1.165, 1.54) is 23.3 Å². The van der Waals surface area contributed by atoms with Crippen LogP contribution in [0.25, 0.3) is 11.2 Å². The minimum atomic E-state index is -0.303. The van der Waals surface area contributed by atoms with Crippen LogP contribution in [-0.2, 0) is 0 Å². The van der Waals surface area contributed by atoms with Crippen LogP contribution in [0.5, 0.6) is 0 Å². The third-order valence-electron chi connectivity index (χ3n) is 4.20. The summed E-state index contributed by atoms with van der Waals surface area (Å²) in [5.74, 6) is 0.588. The summed E-state index contributed by atoms with van der Waals surface area (Å²) in [5.41, 5.74) is 5.00. The fourth-order valence-corrected chi connectivity index (χ4v) is 2.62. The monoisotopic (exact) mass is 360 g/mol. The maximum Gasteiger partial charge on any atom is 0.231 e. The molecule has 0 aliphatic heterocycles. The molecule has 6 nitrogen and oxygen atoms in total. The number of halogens is 1. The van der Waals surface area contributed by atoms with E-state index in [-0.39, 0.29) is 5.82 Å². The van der Waals surface area contributed by atoms with Gasteiger partial charge >= 0.3 is 0 Å². The van der Waals surface area contributed by atoms with Crippen molar-refractivity contribution in [1.29, 1.82) is 0 Å². The number of rotatable bonds is 4. The van der Waals surface area contributed by atoms with Gasteiger partial charge in [0.25, 0.3) is 0 Å². The molecule has 2 heterocycles. The van der Waals surface area contributed by atoms with Gasteiger partial charge in [0.15, 0.2) is 17.0 Å². The van der Waals surface area contributed by atoms with Crippen LogP contribution in [0.3, 0.4) is 0 Å². The maximum absolute atomic E-state index is 13.1. The van der Waals surface area contributed by atoms with Crippen molar-refractivity contribution >= 4 is 34.3 Å². The number of hydrogen-bond donors (Lipinski definition) is 2. The van der Waals surface area contributed by atoms with Gasteiger partial charge in [0, 0.05) is 23.8 Å². The van der Waals surface area contributed by atoms with Gasteiger partial charge < -0.3 is 10.6 Å². The van der Waals surface area contributed by atoms with Crippen LogP contribution in [0, 0.1) is 19.7 Å². The second-order valence-corrected chi connectivity index (χ2v) is 6.18. The molecule has 2 aromatic carbocycles. The normalized spacial score (nSPS) is 10.8. The molecule has 0 saturated carbocycles. The molecule has 0 spiro atoms. The van der Waals surface area contributed by atoms with E-state index in [1.807, 2.05) is 18.2 Å². The average molecular weight is 360 g/mol. The van der Waals surface area contributed by atoms with Crippen molar-refractivity contribution in [3.63, 3.8) is 0 Å². The first-order valence-electron chi connectivity index (χ1n) is 8.44. The molecule has 0 fully saturated rings. The highest BCUT2D eigenvalue weighted by atomic mass is 19.1. The molecule has 0 unspecified atom stereocenters. The summed E-state index contributed by atoms with van der Waals surface area (Å²) in [6.07, 6.45) is 3.18. The SMILES string of the molecule is Cc1ccc(Nc2nc(Nc3ccc(F)cc3)nc3nccnc23)cc1C. The lowest BCUT2D eigenvalue weighted by molar-refractivity contribution is 0.628. The number of aryl methyl sites for hydroxylation is 2. The molecule has 4 rings (SSSR count). The van der Waals surface area contributed by atoms with Crippen molar-refractivity contribution in [2.24, 2.45) is 0 Å². The molecular weight excluding hydrogens is 343 g/mol. The number of fused-ring (bicyclic) bond motifs is 1. The Bertz CT molecular complexity index is 1110. The molecule has 0 saturated heterocycles. The van der Waals surface area contributed by atoms with Gasteiger partial charge in [0.05, 0.1) is 0 Å². The highest BCUT2D eigenvalue weighted by molar-refractivity contribution is 5.86. The van der Waals surface area contributed by atoms with Crippen LogP contribution >= 0.6 is 0 Å². The number of hydrogen-bond acceptors (Lipinski definition) is 6. The van der Waals surface area contributed by atoms with E-state index in [2.05, 4.69) is 44.4 Å². The fraction of sp³-hybridized carbons (Fsp3) is 0.100. The second-order valence-electron chi connectivity index (χ2n) is 6.18. The predicted molar refractivity (Wildman–Crippen MR) is 104 cm³/mol. The van der Waals surface area contributed by atoms with E-state index in [9.17, 15) is 4.39 Å². The van der Waals surface area contributed by atoms with Crippen molar-refractivity contribution in [3.05, 3.63) is 71.8 Å². The third kappa shape index (κ3) is 3.67. The first-order valence-corrected chi connectivity index (χ1v) is 8.44. The van der Waals surface area contributed by atoms with Crippen molar-refractivity contribution in [3.8, 4) is 0 Å². The lowest BCUT2D eigenvalue weighted by Crippen LogP contribution is -2.04. The van der Waals surface area contributed by atoms with E-state index >= 15 is 0 Å². The molecule has 2 N–H and O–H groups in total. The predicted octanol–water partition coefficient (Wildman–Crippen LogP) is 4.66. The Kier molecular flexibility index (Phi) is 4.33. The molecule has 2 aromatic heterocycles. The van der Waals surface area contributed by atoms with E-state index < -0.39 is 0 Å². The number of nitrogens with zero attached hydrogens (tertiary/aromatic N) is 4. The highest BCUT2D eigenvalue weighted by Crippen LogP contribution is 2.25. The second kappa shape index (κ2) is 6.95. The standard InChI is InChI=1S/C20H17FN6/c1-12-3-6-16(11-13(12)2)24-19-17-18(23-10-9-22-17)26-20(27-19)25-15-7-4-14(21)5-8-15/h3-11H,1-2H3,(H2,23,24,25,26,27). The van der Waals surface area contributed by atoms with Gasteiger partial charge in [-0.05, 0) is 61.4 Å². The summed E-state index contributed by atoms with van der Waals surface area (Å²) >= 11 is 0. The highest BCUT2D eigenvalue weighted by Gasteiger charge is 2.11. The lowest BCUT2D eigenvalue weighted by Gasteiger charge is -2.12. The van der Waals surface area contributed by atoms with E-state index in [4.69, 9.17) is 0 Å². The van der Waals surface area contributed by atoms with Crippen LogP contribution in [0.4, 0.5) is 27.5 Å². The van der Waals surface area contributed by atoms with Crippen molar-refractivity contribution in [2.45, 2.75) is 13.8 Å². The molecule has 7 heteroatoms. The zero-order chi connectivity index (χ0) is 18.8. The van der Waals surface area contributed by atoms with Gasteiger partial charge in [-0.2, -0.15) is 9.97 Å². The minimum Gasteiger partial charge on any atom is -0.338 e. The van der Waals surface area contributed by atoms with Gasteiger partial charge in [-0.15, -0.1) is 0 Å². The summed E-state index contributed by atoms with van der Waals surface area (Å²) < 4.78 is 13.1. The van der Waals surface area contributed by atoms with E-state index in [1.54, 1.807) is 24.5 Å². The minimum absolute atomic E-state index is 0.303. The Morgan fingerprint density at radius 1 is 0.778 bits per heavy atom. The summed E-state index contributed by atoms with van der Waals surface area (Å²) in [4.78, 5) is 17.6. The summed E-state index contributed by atoms with van der Waals surface area (Å²) in [6.45, 7) is 4.12. The quantitative estimate of drug-likeness (QED) is 0.551. The summed E-state index contributed by atoms with van der Waals surface area (Å²) in [5, 5.41) is 6.37. The van der Waals surface area contributed by atoms with Crippen LogP contribution in [0.15, 0.2) is 54.9 Å². The Morgan fingerprint density at radius 3 is 2.30 bits per heavy atom. The number of anilines is 4. The van der Waals surface area contributed by atoms with E-state index in [0.717, 1.165) is 5.69 Å². The largest absolute Gasteiger partial charge is 0.338 e. The molecule has 0 radical (unpaired) electrons. The summed E-state index contributed by atoms with van der Waals surface area (Å²) in [6, 6.07) is 12.1. The van der Waals surface area contributed by atoms with Crippen LogP contribution in [-0.4, -0.2) is 19.9 Å². The van der Waals surface area contributed by atoms with Gasteiger partial charge in [-0.3, -0.25) is 0 Å². The van der Waals surface area contributed by atoms with Gasteiger partial charge in [-0.1, -0.05) is 6.07 Å². The zero-order valence-corrected chi connectivity index (χ0v) is 14.9. The van der Waals surface area contributed by atoms with Crippen molar-refractivity contribution in [1.82, 2.24) is 19.9 Å². The first-order chi connectivity index (χ1) is 13.1. The zero-order valence-electron chi connectivity index (χ0n) is 14.9. The van der Waals surface area contributed by atoms with E-state index in [0.29, 0.717) is 28.6 Å². The molecule has 0 amide bonds. The summed E-state index contributed by atoms with van der Waals surface area (Å²) in [7, 11) is 0. The van der Waals surface area contributed by atoms with Crippen LogP contribution in [0.2, 0.25) is 0 Å². The lowest BCUT2D eigenvalue weighted by atomic mass is 10.1. The first kappa shape index (κ1) is 16.8. The van der Waals surface area contributed by atoms with Crippen molar-refractivity contribution < 1.29 is 4.39 Å². The molecule has 27 heavy (non-hydrogen) atoms. The van der Waals surface area contributed by atoms with Crippen LogP contribution < -0.4 is 10.6 Å². The number of aromatic nitrogens is 4. The Morgan fingerprint density at radius 2 is 1.52 bits per heavy atom. The molecule has 4 aromatic rings. The third-order valence-corrected chi connectivity index (χ3v) is 4.20. The average Bonchev–Trinajstić information content (AvgIpc) is 2.67. The van der Waals surface area contributed by atoms with Crippen LogP contribution in [0.1, 0.15) is 11.1 Å². The molecule has 0 aliphatic rings. The van der Waals surface area contributed by atoms with Gasteiger partial charge in [0.2, 0.25) is 5.95 Å². The molecular formula is C20H17FN6. The molecule has 0 bridgehead atoms. The number of benzene rings is 2. The smallest absolute Gasteiger partial charge is 0.231 e. The Hall–Kier alpha value is -3.61. The molecule has 0 atom stereocenters. The Labute approximate surface area is 155 Å². The topological polar surface area (TPSA) is 75.6 Å². The van der Waals surface area contributed by atoms with Gasteiger partial charge in [0.1, 0.15) is 5.82 Å². The maximum atomic E-state index is 13.1. The Balaban J connectivity index is 1.73. The van der Waals surface area contributed by atoms with Gasteiger partial charge in [-0.25, -0.2) is 14.4 Å². The van der Waals surface area contributed by atoms with Crippen molar-refractivity contribution in [2.75, 3.05) is 10.6 Å². The fourth-order valence-electron chi connectivity index (χ4n) is 2.62. The molecule has 0 aliphatic carbocycles. The molecule has 134 valence electrons. The number of nitrogens with one attached hydrogen (secondary N) is 2.